The average molecular weight is 1430 g/mol. The third-order valence-corrected chi connectivity index (χ3v) is 24.8. The van der Waals surface area contributed by atoms with E-state index >= 15 is 0 Å². The van der Waals surface area contributed by atoms with Gasteiger partial charge in [0.15, 0.2) is 18.9 Å². The van der Waals surface area contributed by atoms with Crippen LogP contribution in [-0.2, 0) is 55.8 Å². The fourth-order valence-electron chi connectivity index (χ4n) is 18.3. The standard InChI is InChI=1S/C41H64O13.C18H14Cl4N2O.C17H14N2/c1-20-36(46)29(42)16-34(49-20)53-38-22(3)51-35(18-31(38)44)54-37-21(2)50-33(17-30(37)43)52-25-8-11-39(4)24(15-25)6-7-28-27(39)9-12-40(5)26(10-13-41(28,40)47)23-14-32(45)48-19-23;19-13-2-1-12(16(21)7-13)10-25-18(9-24-6-5-23-11-24)15-4-3-14(20)8-17(15)22;1-10-14-9-18-8-7-12(14)11(2)17-16(10)13-5-3-4-6-15(13)19-17/h14,20-22,24-31,33-38,42-44,46-47H,6-13,15-19H2,1-5H3;1-8,11,18H,9-10H2;3-9,19H,1-2H3/t20-,21-,22-,24-,25+,26-,27+,28-,29+,30+,31+,33+,34+,35+,36-,37-,38-,39+,40-,41+;;/m1../s1. The molecule has 0 amide bonds. The first kappa shape index (κ1) is 71.6. The zero-order chi connectivity index (χ0) is 69.1. The van der Waals surface area contributed by atoms with Gasteiger partial charge in [-0.05, 0) is 186 Å². The van der Waals surface area contributed by atoms with Crippen molar-refractivity contribution in [3.05, 3.63) is 152 Å². The molecule has 18 nitrogen and oxygen atoms in total. The summed E-state index contributed by atoms with van der Waals surface area (Å²) < 4.78 is 50.3. The van der Waals surface area contributed by atoms with Crippen LogP contribution in [0.4, 0.5) is 0 Å². The molecule has 4 saturated carbocycles. The molecule has 4 aliphatic carbocycles. The van der Waals surface area contributed by atoms with Gasteiger partial charge in [0.1, 0.15) is 31.0 Å². The number of cyclic esters (lactones) is 1. The third-order valence-electron chi connectivity index (χ3n) is 23.6. The van der Waals surface area contributed by atoms with Gasteiger partial charge in [-0.15, -0.1) is 0 Å². The van der Waals surface area contributed by atoms with E-state index in [4.69, 9.17) is 84.3 Å². The van der Waals surface area contributed by atoms with Crippen molar-refractivity contribution in [3.8, 4) is 0 Å². The smallest absolute Gasteiger partial charge is 0.331 e. The Morgan fingerprint density at radius 2 is 1.38 bits per heavy atom. The fourth-order valence-corrected chi connectivity index (χ4v) is 19.3. The highest BCUT2D eigenvalue weighted by Crippen LogP contribution is 2.70. The molecule has 528 valence electrons. The van der Waals surface area contributed by atoms with Crippen molar-refractivity contribution in [2.75, 3.05) is 6.61 Å². The van der Waals surface area contributed by atoms with E-state index in [1.165, 1.54) is 43.7 Å². The van der Waals surface area contributed by atoms with E-state index in [2.05, 4.69) is 73.0 Å². The Bertz CT molecular complexity index is 3970. The number of aliphatic hydroxyl groups excluding tert-OH is 4. The Hall–Kier alpha value is -4.81. The Kier molecular flexibility index (Phi) is 21.6. The Morgan fingerprint density at radius 1 is 0.694 bits per heavy atom. The molecule has 98 heavy (non-hydrogen) atoms. The second-order valence-electron chi connectivity index (χ2n) is 29.3. The Morgan fingerprint density at radius 3 is 2.04 bits per heavy atom. The molecule has 7 heterocycles. The van der Waals surface area contributed by atoms with E-state index in [0.717, 1.165) is 74.5 Å². The second-order valence-corrected chi connectivity index (χ2v) is 31.0. The van der Waals surface area contributed by atoms with Crippen molar-refractivity contribution in [2.24, 2.45) is 34.5 Å². The molecule has 4 aromatic carbocycles. The summed E-state index contributed by atoms with van der Waals surface area (Å²) in [6, 6.07) is 21.3. The highest BCUT2D eigenvalue weighted by atomic mass is 35.5. The van der Waals surface area contributed by atoms with Gasteiger partial charge in [0.25, 0.3) is 0 Å². The lowest BCUT2D eigenvalue weighted by molar-refractivity contribution is -0.336. The monoisotopic (exact) mass is 1420 g/mol. The number of aliphatic hydroxyl groups is 5. The van der Waals surface area contributed by atoms with E-state index in [1.807, 2.05) is 42.2 Å². The maximum absolute atomic E-state index is 12.6. The van der Waals surface area contributed by atoms with E-state index in [1.54, 1.807) is 56.7 Å². The van der Waals surface area contributed by atoms with Gasteiger partial charge in [-0.1, -0.05) is 90.6 Å². The number of hydrogen-bond donors (Lipinski definition) is 6. The minimum Gasteiger partial charge on any atom is -0.458 e. The number of imidazole rings is 1. The lowest BCUT2D eigenvalue weighted by Crippen LogP contribution is -2.62. The number of ether oxygens (including phenoxy) is 8. The lowest BCUT2D eigenvalue weighted by Gasteiger charge is -2.64. The van der Waals surface area contributed by atoms with Crippen LogP contribution < -0.4 is 0 Å². The van der Waals surface area contributed by atoms with Crippen molar-refractivity contribution in [3.63, 3.8) is 0 Å². The number of aromatic nitrogens is 4. The molecular weight excluding hydrogens is 1330 g/mol. The van der Waals surface area contributed by atoms with Crippen LogP contribution in [0.5, 0.6) is 0 Å². The highest BCUT2D eigenvalue weighted by Gasteiger charge is 2.68. The molecule has 4 aliphatic heterocycles. The average Bonchev–Trinajstić information content (AvgIpc) is 1.38. The zero-order valence-electron chi connectivity index (χ0n) is 56.6. The van der Waals surface area contributed by atoms with E-state index in [-0.39, 0.29) is 60.1 Å². The number of hydrogen-bond acceptors (Lipinski definition) is 16. The highest BCUT2D eigenvalue weighted by molar-refractivity contribution is 6.35. The van der Waals surface area contributed by atoms with Crippen LogP contribution in [-0.4, -0.2) is 143 Å². The largest absolute Gasteiger partial charge is 0.458 e. The Balaban J connectivity index is 0.000000160. The van der Waals surface area contributed by atoms with Crippen molar-refractivity contribution >= 4 is 85.0 Å². The zero-order valence-corrected chi connectivity index (χ0v) is 59.6. The van der Waals surface area contributed by atoms with Crippen molar-refractivity contribution < 1.29 is 68.2 Å². The summed E-state index contributed by atoms with van der Waals surface area (Å²) >= 11 is 24.5. The first-order chi connectivity index (χ1) is 46.9. The molecule has 15 rings (SSSR count). The summed E-state index contributed by atoms with van der Waals surface area (Å²) in [5.41, 5.74) is 6.98. The number of benzene rings is 4. The van der Waals surface area contributed by atoms with Gasteiger partial charge in [-0.2, -0.15) is 0 Å². The van der Waals surface area contributed by atoms with Crippen molar-refractivity contribution in [1.82, 2.24) is 19.5 Å². The van der Waals surface area contributed by atoms with Gasteiger partial charge in [0, 0.05) is 103 Å². The van der Waals surface area contributed by atoms with Gasteiger partial charge in [0.05, 0.1) is 73.3 Å². The normalized spacial score (nSPS) is 35.7. The van der Waals surface area contributed by atoms with Crippen LogP contribution in [0.3, 0.4) is 0 Å². The van der Waals surface area contributed by atoms with E-state index in [0.29, 0.717) is 51.7 Å². The van der Waals surface area contributed by atoms with Crippen LogP contribution in [0.15, 0.2) is 109 Å². The SMILES string of the molecule is C[C@H]1O[C@@H](O[C@H]2[C@@H](O)C[C@H](O[C@H]3[C@@H](O)C[C@H](O[C@H]4CC[C@@]5(C)[C@H](CC[C@@H]6[C@@H]5CC[C@]5(C)[C@@H](C7=CC(=O)OC7)CC[C@]65O)C4)O[C@@H]3C)O[C@@H]2C)C[C@H](O)[C@@H]1O.Cc1c2ccncc2c(C)c2c1[nH]c1ccccc12.Clc1ccc(COC(Cn2ccnc2)c2ccc(Cl)cc2Cl)c(Cl)c1. The molecule has 0 spiro atoms. The number of para-hydroxylation sites is 1. The summed E-state index contributed by atoms with van der Waals surface area (Å²) in [6.45, 7) is 15.6. The molecule has 3 saturated heterocycles. The number of aryl methyl sites for hydroxylation is 2. The topological polar surface area (TPSA) is 239 Å². The van der Waals surface area contributed by atoms with Gasteiger partial charge < -0.3 is 73.0 Å². The maximum Gasteiger partial charge on any atom is 0.331 e. The van der Waals surface area contributed by atoms with Crippen molar-refractivity contribution in [2.45, 2.75) is 230 Å². The summed E-state index contributed by atoms with van der Waals surface area (Å²) in [7, 11) is 0. The summed E-state index contributed by atoms with van der Waals surface area (Å²) in [5.74, 6) is 1.13. The molecule has 7 aromatic rings. The molecule has 1 unspecified atom stereocenters. The molecular formula is C76H92Cl4N4O14. The predicted octanol–water partition coefficient (Wildman–Crippen LogP) is 14.2. The molecule has 22 heteroatoms. The maximum atomic E-state index is 12.6. The number of rotatable bonds is 13. The molecule has 3 aromatic heterocycles. The first-order valence-corrected chi connectivity index (χ1v) is 36.3. The molecule has 21 atom stereocenters. The number of nitrogens with zero attached hydrogens (tertiary/aromatic N) is 3. The number of carbonyl (C=O) groups excluding carboxylic acids is 1. The summed E-state index contributed by atoms with van der Waals surface area (Å²) in [6.07, 6.45) is 10.8. The fraction of sp³-hybridized carbons (Fsp3) is 0.566. The summed E-state index contributed by atoms with van der Waals surface area (Å²) in [4.78, 5) is 23.8. The quantitative estimate of drug-likeness (QED) is 0.0465. The van der Waals surface area contributed by atoms with Crippen molar-refractivity contribution in [1.29, 1.82) is 0 Å². The van der Waals surface area contributed by atoms with E-state index < -0.39 is 79.4 Å². The molecule has 8 aliphatic rings. The van der Waals surface area contributed by atoms with Crippen LogP contribution in [0.25, 0.3) is 32.6 Å². The van der Waals surface area contributed by atoms with Gasteiger partial charge >= 0.3 is 5.97 Å². The van der Waals surface area contributed by atoms with E-state index in [9.17, 15) is 30.3 Å². The number of aromatic amines is 1. The predicted molar refractivity (Wildman–Crippen MR) is 374 cm³/mol. The molecule has 6 N–H and O–H groups in total. The van der Waals surface area contributed by atoms with Gasteiger partial charge in [-0.25, -0.2) is 9.78 Å². The minimum absolute atomic E-state index is 0.0243. The number of nitrogens with one attached hydrogen (secondary N) is 1. The molecule has 0 radical (unpaired) electrons. The lowest BCUT2D eigenvalue weighted by atomic mass is 9.43. The van der Waals surface area contributed by atoms with Crippen LogP contribution >= 0.6 is 46.4 Å². The number of carbonyl (C=O) groups is 1. The number of halogens is 4. The minimum atomic E-state index is -0.996. The third kappa shape index (κ3) is 14.2. The van der Waals surface area contributed by atoms with Gasteiger partial charge in [-0.3, -0.25) is 4.98 Å². The molecule has 0 bridgehead atoms. The first-order valence-electron chi connectivity index (χ1n) is 34.8. The van der Waals surface area contributed by atoms with Crippen LogP contribution in [0, 0.1) is 48.3 Å². The van der Waals surface area contributed by atoms with Gasteiger partial charge in [0.2, 0.25) is 0 Å². The second kappa shape index (κ2) is 29.5. The summed E-state index contributed by atoms with van der Waals surface area (Å²) in [5, 5.41) is 62.4. The van der Waals surface area contributed by atoms with Crippen LogP contribution in [0.2, 0.25) is 20.1 Å². The number of esters is 1. The Labute approximate surface area is 592 Å². The number of fused-ring (bicyclic) bond motifs is 9. The number of H-pyrrole nitrogens is 1. The number of pyridine rings is 1. The molecule has 7 fully saturated rings. The van der Waals surface area contributed by atoms with Crippen LogP contribution in [0.1, 0.15) is 140 Å².